The van der Waals surface area contributed by atoms with Gasteiger partial charge in [0.05, 0.1) is 12.0 Å². The lowest BCUT2D eigenvalue weighted by molar-refractivity contribution is -0.384. The molecular formula is C17H15NO6. The molecule has 0 spiro atoms. The molecule has 0 radical (unpaired) electrons. The topological polar surface area (TPSA) is 98.9 Å². The zero-order valence-corrected chi connectivity index (χ0v) is 12.8. The van der Waals surface area contributed by atoms with Crippen LogP contribution in [-0.4, -0.2) is 23.1 Å². The molecule has 0 heterocycles. The molecule has 0 saturated carbocycles. The molecular weight excluding hydrogens is 314 g/mol. The third-order valence-corrected chi connectivity index (χ3v) is 3.15. The molecule has 2 aromatic carbocycles. The van der Waals surface area contributed by atoms with Gasteiger partial charge in [-0.3, -0.25) is 10.1 Å². The SMILES string of the molecule is COc1ccc(/C=C/C(=O)O)cc1OCc1ccc([N+](=O)[O-])cc1. The van der Waals surface area contributed by atoms with Crippen molar-refractivity contribution in [2.45, 2.75) is 6.61 Å². The van der Waals surface area contributed by atoms with Gasteiger partial charge < -0.3 is 14.6 Å². The van der Waals surface area contributed by atoms with Crippen LogP contribution in [0.3, 0.4) is 0 Å². The first-order valence-electron chi connectivity index (χ1n) is 6.95. The summed E-state index contributed by atoms with van der Waals surface area (Å²) in [5.74, 6) is -0.0908. The van der Waals surface area contributed by atoms with Crippen LogP contribution in [0.15, 0.2) is 48.5 Å². The second-order valence-corrected chi connectivity index (χ2v) is 4.79. The Kier molecular flexibility index (Phi) is 5.51. The minimum absolute atomic E-state index is 0.0112. The molecule has 124 valence electrons. The van der Waals surface area contributed by atoms with E-state index < -0.39 is 10.9 Å². The molecule has 2 rings (SSSR count). The van der Waals surface area contributed by atoms with Crippen molar-refractivity contribution in [1.29, 1.82) is 0 Å². The van der Waals surface area contributed by atoms with E-state index >= 15 is 0 Å². The molecule has 0 saturated heterocycles. The smallest absolute Gasteiger partial charge is 0.328 e. The maximum absolute atomic E-state index is 10.6. The second-order valence-electron chi connectivity index (χ2n) is 4.79. The fourth-order valence-corrected chi connectivity index (χ4v) is 1.95. The van der Waals surface area contributed by atoms with E-state index in [4.69, 9.17) is 14.6 Å². The van der Waals surface area contributed by atoms with Crippen molar-refractivity contribution in [1.82, 2.24) is 0 Å². The number of non-ortho nitro benzene ring substituents is 1. The van der Waals surface area contributed by atoms with Crippen molar-refractivity contribution >= 4 is 17.7 Å². The number of ether oxygens (including phenoxy) is 2. The van der Waals surface area contributed by atoms with E-state index in [0.29, 0.717) is 17.1 Å². The van der Waals surface area contributed by atoms with Gasteiger partial charge in [0.25, 0.3) is 5.69 Å². The van der Waals surface area contributed by atoms with Crippen molar-refractivity contribution in [3.63, 3.8) is 0 Å². The van der Waals surface area contributed by atoms with Gasteiger partial charge in [-0.1, -0.05) is 6.07 Å². The highest BCUT2D eigenvalue weighted by atomic mass is 16.6. The van der Waals surface area contributed by atoms with Crippen molar-refractivity contribution in [3.8, 4) is 11.5 Å². The zero-order valence-electron chi connectivity index (χ0n) is 12.8. The van der Waals surface area contributed by atoms with Gasteiger partial charge in [0.15, 0.2) is 11.5 Å². The fourth-order valence-electron chi connectivity index (χ4n) is 1.95. The van der Waals surface area contributed by atoms with Crippen molar-refractivity contribution in [2.24, 2.45) is 0 Å². The summed E-state index contributed by atoms with van der Waals surface area (Å²) in [7, 11) is 1.50. The first-order valence-corrected chi connectivity index (χ1v) is 6.95. The van der Waals surface area contributed by atoms with E-state index in [1.54, 1.807) is 30.3 Å². The minimum atomic E-state index is -1.04. The zero-order chi connectivity index (χ0) is 17.5. The van der Waals surface area contributed by atoms with E-state index in [1.807, 2.05) is 0 Å². The first kappa shape index (κ1) is 17.0. The van der Waals surface area contributed by atoms with Gasteiger partial charge in [0.2, 0.25) is 0 Å². The predicted octanol–water partition coefficient (Wildman–Crippen LogP) is 3.28. The Hall–Kier alpha value is -3.35. The summed E-state index contributed by atoms with van der Waals surface area (Å²) in [4.78, 5) is 20.7. The van der Waals surface area contributed by atoms with Crippen LogP contribution in [0.4, 0.5) is 5.69 Å². The van der Waals surface area contributed by atoms with E-state index in [9.17, 15) is 14.9 Å². The van der Waals surface area contributed by atoms with Crippen molar-refractivity contribution in [3.05, 3.63) is 69.8 Å². The van der Waals surface area contributed by atoms with Crippen LogP contribution in [0.1, 0.15) is 11.1 Å². The molecule has 0 aliphatic carbocycles. The Morgan fingerprint density at radius 3 is 2.50 bits per heavy atom. The van der Waals surface area contributed by atoms with Crippen LogP contribution in [0.25, 0.3) is 6.08 Å². The average molecular weight is 329 g/mol. The largest absolute Gasteiger partial charge is 0.493 e. The number of aliphatic carboxylic acids is 1. The summed E-state index contributed by atoms with van der Waals surface area (Å²) in [5, 5.41) is 19.3. The molecule has 0 atom stereocenters. The molecule has 0 bridgehead atoms. The summed E-state index contributed by atoms with van der Waals surface area (Å²) < 4.78 is 10.9. The molecule has 2 aromatic rings. The highest BCUT2D eigenvalue weighted by molar-refractivity contribution is 5.85. The molecule has 1 N–H and O–H groups in total. The number of nitrogens with zero attached hydrogens (tertiary/aromatic N) is 1. The quantitative estimate of drug-likeness (QED) is 0.475. The minimum Gasteiger partial charge on any atom is -0.493 e. The molecule has 0 aliphatic rings. The standard InChI is InChI=1S/C17H15NO6/c1-23-15-8-4-12(5-9-17(19)20)10-16(15)24-11-13-2-6-14(7-3-13)18(21)22/h2-10H,11H2,1H3,(H,19,20)/b9-5+. The second kappa shape index (κ2) is 7.77. The maximum Gasteiger partial charge on any atom is 0.328 e. The molecule has 0 aromatic heterocycles. The lowest BCUT2D eigenvalue weighted by atomic mass is 10.2. The number of carboxylic acid groups (broad SMARTS) is 1. The lowest BCUT2D eigenvalue weighted by Gasteiger charge is -2.11. The number of hydrogen-bond acceptors (Lipinski definition) is 5. The van der Waals surface area contributed by atoms with Crippen LogP contribution in [-0.2, 0) is 11.4 Å². The monoisotopic (exact) mass is 329 g/mol. The van der Waals surface area contributed by atoms with Gasteiger partial charge in [-0.25, -0.2) is 4.79 Å². The van der Waals surface area contributed by atoms with E-state index in [1.165, 1.54) is 25.3 Å². The summed E-state index contributed by atoms with van der Waals surface area (Å²) >= 11 is 0. The Balaban J connectivity index is 2.13. The van der Waals surface area contributed by atoms with E-state index in [0.717, 1.165) is 11.6 Å². The third-order valence-electron chi connectivity index (χ3n) is 3.15. The number of rotatable bonds is 7. The summed E-state index contributed by atoms with van der Waals surface area (Å²) in [6.07, 6.45) is 2.47. The number of carboxylic acids is 1. The lowest BCUT2D eigenvalue weighted by Crippen LogP contribution is -1.98. The van der Waals surface area contributed by atoms with Gasteiger partial charge in [-0.05, 0) is 41.5 Å². The van der Waals surface area contributed by atoms with Crippen LogP contribution in [0, 0.1) is 10.1 Å². The van der Waals surface area contributed by atoms with Gasteiger partial charge in [0, 0.05) is 18.2 Å². The summed E-state index contributed by atoms with van der Waals surface area (Å²) in [5.41, 5.74) is 1.42. The van der Waals surface area contributed by atoms with Crippen LogP contribution in [0.2, 0.25) is 0 Å². The Morgan fingerprint density at radius 1 is 1.21 bits per heavy atom. The molecule has 0 unspecified atom stereocenters. The number of hydrogen-bond donors (Lipinski definition) is 1. The normalized spacial score (nSPS) is 10.5. The molecule has 0 aliphatic heterocycles. The molecule has 24 heavy (non-hydrogen) atoms. The summed E-state index contributed by atoms with van der Waals surface area (Å²) in [6, 6.07) is 11.1. The third kappa shape index (κ3) is 4.57. The fraction of sp³-hybridized carbons (Fsp3) is 0.118. The maximum atomic E-state index is 10.6. The average Bonchev–Trinajstić information content (AvgIpc) is 2.58. The number of nitro groups is 1. The molecule has 7 heteroatoms. The van der Waals surface area contributed by atoms with Crippen molar-refractivity contribution < 1.29 is 24.3 Å². The van der Waals surface area contributed by atoms with Gasteiger partial charge in [-0.2, -0.15) is 0 Å². The van der Waals surface area contributed by atoms with Crippen LogP contribution < -0.4 is 9.47 Å². The Morgan fingerprint density at radius 2 is 1.92 bits per heavy atom. The number of nitro benzene ring substituents is 1. The summed E-state index contributed by atoms with van der Waals surface area (Å²) in [6.45, 7) is 0.195. The number of benzene rings is 2. The molecule has 0 amide bonds. The van der Waals surface area contributed by atoms with E-state index in [-0.39, 0.29) is 12.3 Å². The molecule has 7 nitrogen and oxygen atoms in total. The van der Waals surface area contributed by atoms with Gasteiger partial charge in [-0.15, -0.1) is 0 Å². The Labute approximate surface area is 137 Å². The van der Waals surface area contributed by atoms with Crippen LogP contribution >= 0.6 is 0 Å². The predicted molar refractivity (Wildman–Crippen MR) is 87.1 cm³/mol. The number of carbonyl (C=O) groups is 1. The highest BCUT2D eigenvalue weighted by Crippen LogP contribution is 2.29. The van der Waals surface area contributed by atoms with E-state index in [2.05, 4.69) is 0 Å². The number of methoxy groups -OCH3 is 1. The van der Waals surface area contributed by atoms with Gasteiger partial charge >= 0.3 is 5.97 Å². The van der Waals surface area contributed by atoms with Crippen LogP contribution in [0.5, 0.6) is 11.5 Å². The van der Waals surface area contributed by atoms with Gasteiger partial charge in [0.1, 0.15) is 6.61 Å². The molecule has 0 fully saturated rings. The van der Waals surface area contributed by atoms with Crippen molar-refractivity contribution in [2.75, 3.05) is 7.11 Å². The Bertz CT molecular complexity index is 767. The highest BCUT2D eigenvalue weighted by Gasteiger charge is 2.07. The first-order chi connectivity index (χ1) is 11.5.